The summed E-state index contributed by atoms with van der Waals surface area (Å²) in [6, 6.07) is 0.503. The fraction of sp³-hybridized carbons (Fsp3) is 0.778. The molecule has 2 aliphatic carbocycles. The highest BCUT2D eigenvalue weighted by atomic mass is 32.1. The second-order valence-electron chi connectivity index (χ2n) is 7.42. The van der Waals surface area contributed by atoms with Crippen LogP contribution in [0.2, 0.25) is 0 Å². The average Bonchev–Trinajstić information content (AvgIpc) is 2.96. The Bertz CT molecular complexity index is 557. The van der Waals surface area contributed by atoms with Crippen molar-refractivity contribution in [3.05, 3.63) is 15.6 Å². The van der Waals surface area contributed by atoms with Crippen molar-refractivity contribution >= 4 is 17.2 Å². The van der Waals surface area contributed by atoms with Gasteiger partial charge in [-0.15, -0.1) is 11.3 Å². The largest absolute Gasteiger partial charge is 0.335 e. The Kier molecular flexibility index (Phi) is 3.97. The van der Waals surface area contributed by atoms with Gasteiger partial charge in [-0.05, 0) is 57.3 Å². The zero-order valence-electron chi connectivity index (χ0n) is 13.5. The number of carbonyl (C=O) groups excluding carboxylic acids is 1. The summed E-state index contributed by atoms with van der Waals surface area (Å²) in [7, 11) is 0. The summed E-state index contributed by atoms with van der Waals surface area (Å²) in [4.78, 5) is 20.8. The average molecular weight is 318 g/mol. The second kappa shape index (κ2) is 5.95. The molecule has 2 saturated carbocycles. The van der Waals surface area contributed by atoms with E-state index in [0.717, 1.165) is 35.4 Å². The zero-order valence-corrected chi connectivity index (χ0v) is 14.3. The topological polar surface area (TPSA) is 33.2 Å². The molecular formula is C18H26N2OS. The van der Waals surface area contributed by atoms with Gasteiger partial charge in [0.1, 0.15) is 4.88 Å². The van der Waals surface area contributed by atoms with E-state index in [1.807, 2.05) is 6.92 Å². The van der Waals surface area contributed by atoms with E-state index >= 15 is 0 Å². The first-order chi connectivity index (χ1) is 10.7. The molecule has 3 aliphatic rings. The van der Waals surface area contributed by atoms with Crippen molar-refractivity contribution in [3.63, 3.8) is 0 Å². The van der Waals surface area contributed by atoms with Crippen LogP contribution >= 0.6 is 11.3 Å². The summed E-state index contributed by atoms with van der Waals surface area (Å²) >= 11 is 1.67. The maximum Gasteiger partial charge on any atom is 0.266 e. The molecule has 1 saturated heterocycles. The lowest BCUT2D eigenvalue weighted by Gasteiger charge is -2.29. The van der Waals surface area contributed by atoms with Crippen LogP contribution in [0.15, 0.2) is 0 Å². The SMILES string of the molecule is Cc1nc(CC2CC2)sc1C(=O)N1CCC[C@H]1C1CCCC1. The molecule has 1 atom stereocenters. The van der Waals surface area contributed by atoms with Crippen molar-refractivity contribution in [2.45, 2.75) is 70.8 Å². The standard InChI is InChI=1S/C18H26N2OS/c1-12-17(22-16(19-12)11-13-8-9-13)18(21)20-10-4-7-15(20)14-5-2-3-6-14/h13-15H,2-11H2,1H3/t15-/m0/s1. The van der Waals surface area contributed by atoms with Crippen LogP contribution in [0.25, 0.3) is 0 Å². The van der Waals surface area contributed by atoms with Crippen molar-refractivity contribution in [1.29, 1.82) is 0 Å². The first-order valence-corrected chi connectivity index (χ1v) is 9.81. The smallest absolute Gasteiger partial charge is 0.266 e. The van der Waals surface area contributed by atoms with Crippen molar-refractivity contribution in [2.24, 2.45) is 11.8 Å². The number of amides is 1. The lowest BCUT2D eigenvalue weighted by Crippen LogP contribution is -2.39. The number of nitrogens with zero attached hydrogens (tertiary/aromatic N) is 2. The zero-order chi connectivity index (χ0) is 15.1. The van der Waals surface area contributed by atoms with Crippen LogP contribution < -0.4 is 0 Å². The van der Waals surface area contributed by atoms with Gasteiger partial charge in [0.15, 0.2) is 0 Å². The first-order valence-electron chi connectivity index (χ1n) is 8.99. The Balaban J connectivity index is 1.51. The van der Waals surface area contributed by atoms with Gasteiger partial charge in [-0.1, -0.05) is 12.8 Å². The van der Waals surface area contributed by atoms with Gasteiger partial charge >= 0.3 is 0 Å². The van der Waals surface area contributed by atoms with Gasteiger partial charge in [0.05, 0.1) is 10.7 Å². The molecule has 1 aromatic heterocycles. The number of aryl methyl sites for hydroxylation is 1. The first kappa shape index (κ1) is 14.7. The van der Waals surface area contributed by atoms with E-state index in [2.05, 4.69) is 9.88 Å². The highest BCUT2D eigenvalue weighted by Crippen LogP contribution is 2.38. The van der Waals surface area contributed by atoms with Crippen molar-refractivity contribution in [2.75, 3.05) is 6.54 Å². The number of carbonyl (C=O) groups is 1. The molecule has 120 valence electrons. The Labute approximate surface area is 137 Å². The molecule has 0 N–H and O–H groups in total. The third kappa shape index (κ3) is 2.82. The molecule has 0 unspecified atom stereocenters. The lowest BCUT2D eigenvalue weighted by molar-refractivity contribution is 0.0693. The molecule has 1 aromatic rings. The Morgan fingerprint density at radius 2 is 1.95 bits per heavy atom. The Morgan fingerprint density at radius 3 is 2.68 bits per heavy atom. The fourth-order valence-electron chi connectivity index (χ4n) is 4.31. The van der Waals surface area contributed by atoms with E-state index < -0.39 is 0 Å². The maximum atomic E-state index is 13.0. The number of aromatic nitrogens is 1. The summed E-state index contributed by atoms with van der Waals surface area (Å²) < 4.78 is 0. The van der Waals surface area contributed by atoms with Gasteiger partial charge in [0.25, 0.3) is 5.91 Å². The van der Waals surface area contributed by atoms with Gasteiger partial charge in [0.2, 0.25) is 0 Å². The molecule has 0 radical (unpaired) electrons. The van der Waals surface area contributed by atoms with Crippen LogP contribution in [0, 0.1) is 18.8 Å². The van der Waals surface area contributed by atoms with Crippen molar-refractivity contribution < 1.29 is 4.79 Å². The molecule has 22 heavy (non-hydrogen) atoms. The molecule has 0 aromatic carbocycles. The van der Waals surface area contributed by atoms with E-state index in [9.17, 15) is 4.79 Å². The molecular weight excluding hydrogens is 292 g/mol. The molecule has 0 bridgehead atoms. The molecule has 2 heterocycles. The van der Waals surface area contributed by atoms with Crippen LogP contribution in [0.3, 0.4) is 0 Å². The van der Waals surface area contributed by atoms with E-state index in [-0.39, 0.29) is 5.91 Å². The third-order valence-corrected chi connectivity index (χ3v) is 6.87. The van der Waals surface area contributed by atoms with Crippen molar-refractivity contribution in [1.82, 2.24) is 9.88 Å². The van der Waals surface area contributed by atoms with Crippen LogP contribution in [-0.2, 0) is 6.42 Å². The number of likely N-dealkylation sites (tertiary alicyclic amines) is 1. The predicted molar refractivity (Wildman–Crippen MR) is 89.3 cm³/mol. The Morgan fingerprint density at radius 1 is 1.18 bits per heavy atom. The summed E-state index contributed by atoms with van der Waals surface area (Å²) in [5.74, 6) is 1.86. The molecule has 3 fully saturated rings. The van der Waals surface area contributed by atoms with Crippen LogP contribution in [0.4, 0.5) is 0 Å². The number of hydrogen-bond donors (Lipinski definition) is 0. The third-order valence-electron chi connectivity index (χ3n) is 5.70. The normalized spacial score (nSPS) is 26.0. The van der Waals surface area contributed by atoms with Gasteiger partial charge in [0, 0.05) is 19.0 Å². The minimum absolute atomic E-state index is 0.270. The summed E-state index contributed by atoms with van der Waals surface area (Å²) in [5, 5.41) is 1.18. The highest BCUT2D eigenvalue weighted by Gasteiger charge is 2.37. The van der Waals surface area contributed by atoms with E-state index in [0.29, 0.717) is 6.04 Å². The summed E-state index contributed by atoms with van der Waals surface area (Å²) in [6.45, 7) is 2.97. The Hall–Kier alpha value is -0.900. The molecule has 4 heteroatoms. The predicted octanol–water partition coefficient (Wildman–Crippen LogP) is 4.20. The summed E-state index contributed by atoms with van der Waals surface area (Å²) in [6.07, 6.45) is 11.5. The van der Waals surface area contributed by atoms with Crippen LogP contribution in [-0.4, -0.2) is 28.4 Å². The molecule has 4 rings (SSSR count). The van der Waals surface area contributed by atoms with Gasteiger partial charge in [-0.3, -0.25) is 4.79 Å². The van der Waals surface area contributed by atoms with Gasteiger partial charge < -0.3 is 4.90 Å². The summed E-state index contributed by atoms with van der Waals surface area (Å²) in [5.41, 5.74) is 0.961. The van der Waals surface area contributed by atoms with Crippen LogP contribution in [0.1, 0.15) is 71.7 Å². The monoisotopic (exact) mass is 318 g/mol. The highest BCUT2D eigenvalue weighted by molar-refractivity contribution is 7.13. The number of rotatable bonds is 4. The van der Waals surface area contributed by atoms with E-state index in [1.54, 1.807) is 11.3 Å². The fourth-order valence-corrected chi connectivity index (χ4v) is 5.45. The number of thiazole rings is 1. The lowest BCUT2D eigenvalue weighted by atomic mass is 9.96. The molecule has 1 amide bonds. The minimum Gasteiger partial charge on any atom is -0.335 e. The minimum atomic E-state index is 0.270. The maximum absolute atomic E-state index is 13.0. The quantitative estimate of drug-likeness (QED) is 0.833. The van der Waals surface area contributed by atoms with Gasteiger partial charge in [-0.25, -0.2) is 4.98 Å². The van der Waals surface area contributed by atoms with Gasteiger partial charge in [-0.2, -0.15) is 0 Å². The molecule has 3 nitrogen and oxygen atoms in total. The second-order valence-corrected chi connectivity index (χ2v) is 8.51. The molecule has 1 aliphatic heterocycles. The van der Waals surface area contributed by atoms with E-state index in [1.165, 1.54) is 56.4 Å². The van der Waals surface area contributed by atoms with E-state index in [4.69, 9.17) is 0 Å². The number of hydrogen-bond acceptors (Lipinski definition) is 3. The van der Waals surface area contributed by atoms with Crippen molar-refractivity contribution in [3.8, 4) is 0 Å². The van der Waals surface area contributed by atoms with Crippen LogP contribution in [0.5, 0.6) is 0 Å². The molecule has 0 spiro atoms.